The second-order valence-corrected chi connectivity index (χ2v) is 2.88. The highest BCUT2D eigenvalue weighted by atomic mass is 31.1. The van der Waals surface area contributed by atoms with Crippen LogP contribution in [0.2, 0.25) is 0 Å². The van der Waals surface area contributed by atoms with E-state index in [1.165, 1.54) is 12.1 Å². The van der Waals surface area contributed by atoms with Crippen LogP contribution in [-0.4, -0.2) is 4.92 Å². The second kappa shape index (κ2) is 7.15. The van der Waals surface area contributed by atoms with Crippen molar-refractivity contribution in [3.8, 4) is 0 Å². The Balaban J connectivity index is 0.000000791. The van der Waals surface area contributed by atoms with Gasteiger partial charge in [-0.25, -0.2) is 0 Å². The largest absolute Gasteiger partial charge is 0.284 e. The Morgan fingerprint density at radius 2 is 2.14 bits per heavy atom. The molecule has 0 amide bonds. The van der Waals surface area contributed by atoms with E-state index in [4.69, 9.17) is 5.16 Å². The molecule has 0 spiro atoms. The lowest BCUT2D eigenvalue weighted by atomic mass is 10.2. The summed E-state index contributed by atoms with van der Waals surface area (Å²) in [5.74, 6) is 0. The van der Waals surface area contributed by atoms with Crippen LogP contribution in [0, 0.1) is 15.3 Å². The summed E-state index contributed by atoms with van der Waals surface area (Å²) in [6, 6.07) is 6.37. The molecule has 76 valence electrons. The highest BCUT2D eigenvalue weighted by Gasteiger charge is 2.03. The van der Waals surface area contributed by atoms with Crippen LogP contribution in [0.1, 0.15) is 19.4 Å². The fraction of sp³-hybridized carbons (Fsp3) is 0.333. The number of non-ortho nitro benzene ring substituents is 1. The Labute approximate surface area is 84.8 Å². The summed E-state index contributed by atoms with van der Waals surface area (Å²) >= 11 is 0. The first-order valence-electron chi connectivity index (χ1n) is 4.30. The number of nitrogens with one attached hydrogen (secondary N) is 1. The molecule has 0 bridgehead atoms. The molecule has 1 aromatic rings. The number of hydrogen-bond donors (Lipinski definition) is 1. The topological polar surface area (TPSA) is 67.0 Å². The molecule has 0 aromatic heterocycles. The maximum atomic E-state index is 10.3. The minimum Gasteiger partial charge on any atom is -0.284 e. The van der Waals surface area contributed by atoms with Crippen molar-refractivity contribution in [2.75, 3.05) is 0 Å². The first-order chi connectivity index (χ1) is 6.74. The summed E-state index contributed by atoms with van der Waals surface area (Å²) in [6.45, 7) is 4.00. The first-order valence-corrected chi connectivity index (χ1v) is 5.38. The van der Waals surface area contributed by atoms with Crippen molar-refractivity contribution in [3.63, 3.8) is 0 Å². The molecule has 0 aliphatic carbocycles. The molecule has 0 radical (unpaired) electrons. The summed E-state index contributed by atoms with van der Waals surface area (Å²) in [4.78, 5) is 9.89. The van der Waals surface area contributed by atoms with Crippen molar-refractivity contribution in [1.29, 1.82) is 5.16 Å². The van der Waals surface area contributed by atoms with E-state index in [1.54, 1.807) is 12.1 Å². The van der Waals surface area contributed by atoms with E-state index in [2.05, 4.69) is 0 Å². The molecule has 0 atom stereocenters. The van der Waals surface area contributed by atoms with E-state index in [0.717, 1.165) is 5.56 Å². The molecule has 1 rings (SSSR count). The van der Waals surface area contributed by atoms with Gasteiger partial charge in [0.1, 0.15) is 0 Å². The molecule has 0 aliphatic heterocycles. The average molecular weight is 212 g/mol. The van der Waals surface area contributed by atoms with Gasteiger partial charge < -0.3 is 0 Å². The van der Waals surface area contributed by atoms with Gasteiger partial charge >= 0.3 is 0 Å². The van der Waals surface area contributed by atoms with Gasteiger partial charge in [-0.3, -0.25) is 15.3 Å². The van der Waals surface area contributed by atoms with Crippen LogP contribution >= 0.6 is 8.37 Å². The number of nitrogens with zero attached hydrogens (tertiary/aromatic N) is 1. The van der Waals surface area contributed by atoms with Crippen LogP contribution in [-0.2, 0) is 6.16 Å². The zero-order valence-electron chi connectivity index (χ0n) is 8.23. The first kappa shape index (κ1) is 12.7. The van der Waals surface area contributed by atoms with E-state index in [0.29, 0.717) is 14.5 Å². The van der Waals surface area contributed by atoms with Crippen molar-refractivity contribution in [2.24, 2.45) is 0 Å². The van der Waals surface area contributed by atoms with Crippen LogP contribution in [0.15, 0.2) is 24.3 Å². The Kier molecular flexibility index (Phi) is 6.50. The average Bonchev–Trinajstić information content (AvgIpc) is 2.22. The van der Waals surface area contributed by atoms with Crippen LogP contribution in [0.25, 0.3) is 0 Å². The maximum Gasteiger partial charge on any atom is 0.269 e. The highest BCUT2D eigenvalue weighted by Crippen LogP contribution is 2.16. The summed E-state index contributed by atoms with van der Waals surface area (Å²) in [5, 5.41) is 17.2. The minimum atomic E-state index is -0.426. The molecule has 1 N–H and O–H groups in total. The predicted molar refractivity (Wildman–Crippen MR) is 57.8 cm³/mol. The fourth-order valence-electron chi connectivity index (χ4n) is 0.860. The molecule has 1 aromatic carbocycles. The van der Waals surface area contributed by atoms with Crippen LogP contribution in [0.5, 0.6) is 0 Å². The second-order valence-electron chi connectivity index (χ2n) is 2.24. The molecule has 0 saturated carbocycles. The lowest BCUT2D eigenvalue weighted by molar-refractivity contribution is -0.384. The van der Waals surface area contributed by atoms with Crippen LogP contribution in [0.4, 0.5) is 5.69 Å². The Bertz CT molecular complexity index is 315. The zero-order valence-corrected chi connectivity index (χ0v) is 9.12. The van der Waals surface area contributed by atoms with Crippen LogP contribution in [0.3, 0.4) is 0 Å². The summed E-state index contributed by atoms with van der Waals surface area (Å²) in [5.41, 5.74) is 0.928. The Morgan fingerprint density at radius 3 is 2.64 bits per heavy atom. The number of nitro groups is 1. The van der Waals surface area contributed by atoms with E-state index in [9.17, 15) is 10.1 Å². The molecule has 4 nitrogen and oxygen atoms in total. The monoisotopic (exact) mass is 212 g/mol. The number of nitro benzene ring substituents is 1. The standard InChI is InChI=1S/C7H7N2O2P.C2H6/c8-12-5-6-2-1-3-7(4-6)9(10)11;1-2/h1-4,8H,5H2;1-2H3. The zero-order chi connectivity index (χ0) is 11.0. The number of benzene rings is 1. The highest BCUT2D eigenvalue weighted by molar-refractivity contribution is 7.24. The molecule has 14 heavy (non-hydrogen) atoms. The fourth-order valence-corrected chi connectivity index (χ4v) is 1.24. The van der Waals surface area contributed by atoms with Gasteiger partial charge in [-0.1, -0.05) is 26.0 Å². The van der Waals surface area contributed by atoms with Gasteiger partial charge in [-0.2, -0.15) is 0 Å². The van der Waals surface area contributed by atoms with Gasteiger partial charge in [-0.15, -0.1) is 0 Å². The summed E-state index contributed by atoms with van der Waals surface area (Å²) < 4.78 is 0. The molecule has 0 fully saturated rings. The van der Waals surface area contributed by atoms with Crippen molar-refractivity contribution < 1.29 is 4.92 Å². The lowest BCUT2D eigenvalue weighted by Gasteiger charge is -1.94. The van der Waals surface area contributed by atoms with Crippen molar-refractivity contribution in [2.45, 2.75) is 20.0 Å². The van der Waals surface area contributed by atoms with E-state index in [-0.39, 0.29) is 5.69 Å². The molecular formula is C9H13N2O2P. The third-order valence-corrected chi connectivity index (χ3v) is 1.91. The van der Waals surface area contributed by atoms with Gasteiger partial charge in [-0.05, 0) is 5.56 Å². The molecule has 0 saturated heterocycles. The van der Waals surface area contributed by atoms with Crippen molar-refractivity contribution >= 4 is 14.1 Å². The van der Waals surface area contributed by atoms with E-state index in [1.807, 2.05) is 13.8 Å². The third kappa shape index (κ3) is 4.10. The molecule has 5 heteroatoms. The molecule has 0 heterocycles. The predicted octanol–water partition coefficient (Wildman–Crippen LogP) is 3.83. The van der Waals surface area contributed by atoms with Gasteiger partial charge in [0.05, 0.1) is 4.92 Å². The normalized spacial score (nSPS) is 9.00. The van der Waals surface area contributed by atoms with Gasteiger partial charge in [0.2, 0.25) is 0 Å². The molecule has 0 unspecified atom stereocenters. The molecule has 0 aliphatic rings. The maximum absolute atomic E-state index is 10.3. The summed E-state index contributed by atoms with van der Waals surface area (Å²) in [6.07, 6.45) is 0.543. The number of hydrogen-bond acceptors (Lipinski definition) is 3. The van der Waals surface area contributed by atoms with Crippen LogP contribution < -0.4 is 0 Å². The quantitative estimate of drug-likeness (QED) is 0.470. The van der Waals surface area contributed by atoms with Gasteiger partial charge in [0.25, 0.3) is 5.69 Å². The lowest BCUT2D eigenvalue weighted by Crippen LogP contribution is -1.88. The minimum absolute atomic E-state index is 0.0937. The van der Waals surface area contributed by atoms with Gasteiger partial charge in [0.15, 0.2) is 0 Å². The molecular weight excluding hydrogens is 199 g/mol. The Hall–Kier alpha value is -1.28. The summed E-state index contributed by atoms with van der Waals surface area (Å²) in [7, 11) is 0.478. The van der Waals surface area contributed by atoms with Gasteiger partial charge in [0, 0.05) is 26.7 Å². The van der Waals surface area contributed by atoms with E-state index < -0.39 is 4.92 Å². The van der Waals surface area contributed by atoms with Crippen molar-refractivity contribution in [3.05, 3.63) is 39.9 Å². The van der Waals surface area contributed by atoms with E-state index >= 15 is 0 Å². The SMILES string of the molecule is CC.N=PCc1cccc([N+](=O)[O-])c1. The third-order valence-electron chi connectivity index (χ3n) is 1.38. The smallest absolute Gasteiger partial charge is 0.269 e. The Morgan fingerprint density at radius 1 is 1.50 bits per heavy atom. The van der Waals surface area contributed by atoms with Crippen molar-refractivity contribution in [1.82, 2.24) is 0 Å². The number of rotatable bonds is 3.